The highest BCUT2D eigenvalue weighted by atomic mass is 16.5. The van der Waals surface area contributed by atoms with E-state index in [9.17, 15) is 14.8 Å². The van der Waals surface area contributed by atoms with Gasteiger partial charge in [-0.15, -0.1) is 0 Å². The molecule has 0 bridgehead atoms. The third-order valence-electron chi connectivity index (χ3n) is 3.32. The van der Waals surface area contributed by atoms with E-state index in [0.29, 0.717) is 11.6 Å². The molecule has 22 heavy (non-hydrogen) atoms. The second-order valence-electron chi connectivity index (χ2n) is 5.05. The van der Waals surface area contributed by atoms with Crippen molar-refractivity contribution in [1.82, 2.24) is 15.3 Å². The normalized spacial score (nSPS) is 19.9. The van der Waals surface area contributed by atoms with Crippen molar-refractivity contribution in [3.05, 3.63) is 60.3 Å². The molecule has 1 aromatic carbocycles. The Labute approximate surface area is 129 Å². The zero-order valence-corrected chi connectivity index (χ0v) is 12.6. The predicted molar refractivity (Wildman–Crippen MR) is 81.1 cm³/mol. The summed E-state index contributed by atoms with van der Waals surface area (Å²) in [5, 5.41) is 13.4. The number of amides is 2. The summed E-state index contributed by atoms with van der Waals surface area (Å²) in [6.45, 7) is 2.98. The molecule has 0 saturated heterocycles. The summed E-state index contributed by atoms with van der Waals surface area (Å²) >= 11 is 0. The summed E-state index contributed by atoms with van der Waals surface area (Å²) in [6.07, 6.45) is 6.73. The number of rotatable bonds is 4. The van der Waals surface area contributed by atoms with Gasteiger partial charge in [0.05, 0.1) is 0 Å². The van der Waals surface area contributed by atoms with E-state index >= 15 is 0 Å². The summed E-state index contributed by atoms with van der Waals surface area (Å²) in [5.41, 5.74) is 0.981. The summed E-state index contributed by atoms with van der Waals surface area (Å²) < 4.78 is 0. The zero-order valence-electron chi connectivity index (χ0n) is 12.6. The lowest BCUT2D eigenvalue weighted by Gasteiger charge is -2.46. The van der Waals surface area contributed by atoms with Gasteiger partial charge in [0.25, 0.3) is 0 Å². The number of hydrogen-bond acceptors (Lipinski definition) is 4. The molecule has 1 atom stereocenters. The van der Waals surface area contributed by atoms with Crippen LogP contribution >= 0.6 is 0 Å². The Kier molecular flexibility index (Phi) is 4.62. The van der Waals surface area contributed by atoms with Crippen molar-refractivity contribution in [2.45, 2.75) is 26.2 Å². The fourth-order valence-electron chi connectivity index (χ4n) is 2.36. The maximum absolute atomic E-state index is 11.7. The smallest absolute Gasteiger partial charge is 0.246 e. The van der Waals surface area contributed by atoms with E-state index in [4.69, 9.17) is 0 Å². The highest BCUT2D eigenvalue weighted by molar-refractivity contribution is 5.77. The van der Waals surface area contributed by atoms with E-state index in [1.165, 1.54) is 13.8 Å². The van der Waals surface area contributed by atoms with E-state index < -0.39 is 11.7 Å². The molecule has 0 aromatic heterocycles. The number of carbonyl (C=O) groups excluding carboxylic acids is 2. The van der Waals surface area contributed by atoms with Gasteiger partial charge in [-0.2, -0.15) is 5.06 Å². The monoisotopic (exact) mass is 301 g/mol. The standard InChI is InChI=1S/C16H19N3O3/c1-13(20)17-16(19(22)14(2)21)10-6-7-11-18(16)12-15-8-4-3-5-9-15/h3-11,22H,12H2,1-2H3,(H,17,20). The number of nitrogens with one attached hydrogen (secondary N) is 1. The third-order valence-corrected chi connectivity index (χ3v) is 3.32. The molecule has 1 aromatic rings. The first-order chi connectivity index (χ1) is 10.5. The van der Waals surface area contributed by atoms with E-state index in [2.05, 4.69) is 5.32 Å². The summed E-state index contributed by atoms with van der Waals surface area (Å²) in [6, 6.07) is 9.58. The number of carbonyl (C=O) groups is 2. The molecular weight excluding hydrogens is 282 g/mol. The molecule has 1 heterocycles. The molecule has 116 valence electrons. The average molecular weight is 301 g/mol. The van der Waals surface area contributed by atoms with Crippen LogP contribution in [0.25, 0.3) is 0 Å². The minimum atomic E-state index is -1.44. The van der Waals surface area contributed by atoms with Crippen LogP contribution in [0.3, 0.4) is 0 Å². The average Bonchev–Trinajstić information content (AvgIpc) is 2.49. The van der Waals surface area contributed by atoms with Crippen molar-refractivity contribution >= 4 is 11.8 Å². The Bertz CT molecular complexity index is 612. The first-order valence-electron chi connectivity index (χ1n) is 6.91. The molecule has 1 aliphatic rings. The van der Waals surface area contributed by atoms with Gasteiger partial charge in [0.2, 0.25) is 17.6 Å². The number of allylic oxidation sites excluding steroid dienone is 2. The van der Waals surface area contributed by atoms with Crippen molar-refractivity contribution in [2.75, 3.05) is 0 Å². The third kappa shape index (κ3) is 3.17. The van der Waals surface area contributed by atoms with Gasteiger partial charge in [0.15, 0.2) is 0 Å². The molecule has 0 saturated carbocycles. The van der Waals surface area contributed by atoms with Crippen molar-refractivity contribution in [3.8, 4) is 0 Å². The quantitative estimate of drug-likeness (QED) is 0.503. The highest BCUT2D eigenvalue weighted by Gasteiger charge is 2.42. The van der Waals surface area contributed by atoms with E-state index in [-0.39, 0.29) is 5.91 Å². The van der Waals surface area contributed by atoms with Crippen LogP contribution in [0.1, 0.15) is 19.4 Å². The van der Waals surface area contributed by atoms with Crippen molar-refractivity contribution in [1.29, 1.82) is 0 Å². The molecule has 0 fully saturated rings. The Morgan fingerprint density at radius 1 is 1.23 bits per heavy atom. The van der Waals surface area contributed by atoms with Gasteiger partial charge < -0.3 is 10.2 Å². The van der Waals surface area contributed by atoms with Gasteiger partial charge in [-0.1, -0.05) is 36.4 Å². The molecule has 1 aliphatic heterocycles. The van der Waals surface area contributed by atoms with Crippen LogP contribution in [0.15, 0.2) is 54.8 Å². The Hall–Kier alpha value is -2.60. The van der Waals surface area contributed by atoms with Gasteiger partial charge in [-0.25, -0.2) is 0 Å². The number of benzene rings is 1. The Balaban J connectivity index is 2.38. The van der Waals surface area contributed by atoms with E-state index in [0.717, 1.165) is 5.56 Å². The van der Waals surface area contributed by atoms with Crippen LogP contribution < -0.4 is 5.32 Å². The zero-order chi connectivity index (χ0) is 16.2. The summed E-state index contributed by atoms with van der Waals surface area (Å²) in [4.78, 5) is 25.0. The molecule has 6 heteroatoms. The number of hydrogen-bond donors (Lipinski definition) is 2. The van der Waals surface area contributed by atoms with E-state index in [1.807, 2.05) is 30.3 Å². The second-order valence-corrected chi connectivity index (χ2v) is 5.05. The van der Waals surface area contributed by atoms with Crippen LogP contribution in [0.2, 0.25) is 0 Å². The fourth-order valence-corrected chi connectivity index (χ4v) is 2.36. The highest BCUT2D eigenvalue weighted by Crippen LogP contribution is 2.25. The van der Waals surface area contributed by atoms with Crippen LogP contribution in [0.4, 0.5) is 0 Å². The molecule has 0 radical (unpaired) electrons. The summed E-state index contributed by atoms with van der Waals surface area (Å²) in [7, 11) is 0. The van der Waals surface area contributed by atoms with Gasteiger partial charge >= 0.3 is 0 Å². The van der Waals surface area contributed by atoms with Crippen LogP contribution in [0.5, 0.6) is 0 Å². The Morgan fingerprint density at radius 2 is 1.91 bits per heavy atom. The van der Waals surface area contributed by atoms with Crippen molar-refractivity contribution in [3.63, 3.8) is 0 Å². The number of hydroxylamine groups is 2. The van der Waals surface area contributed by atoms with Crippen molar-refractivity contribution in [2.24, 2.45) is 0 Å². The molecule has 6 nitrogen and oxygen atoms in total. The minimum Gasteiger partial charge on any atom is -0.329 e. The lowest BCUT2D eigenvalue weighted by atomic mass is 10.1. The topological polar surface area (TPSA) is 72.9 Å². The molecule has 2 rings (SSSR count). The molecule has 2 amide bonds. The lowest BCUT2D eigenvalue weighted by Crippen LogP contribution is -2.67. The summed E-state index contributed by atoms with van der Waals surface area (Å²) in [5.74, 6) is -2.38. The second kappa shape index (κ2) is 6.44. The van der Waals surface area contributed by atoms with Crippen LogP contribution in [-0.2, 0) is 16.1 Å². The van der Waals surface area contributed by atoms with E-state index in [1.54, 1.807) is 29.3 Å². The number of nitrogens with zero attached hydrogens (tertiary/aromatic N) is 2. The first-order valence-corrected chi connectivity index (χ1v) is 6.91. The molecule has 0 spiro atoms. The molecule has 0 aliphatic carbocycles. The minimum absolute atomic E-state index is 0.363. The predicted octanol–water partition coefficient (Wildman–Crippen LogP) is 1.60. The van der Waals surface area contributed by atoms with Crippen LogP contribution in [-0.4, -0.2) is 32.8 Å². The van der Waals surface area contributed by atoms with Gasteiger partial charge in [-0.3, -0.25) is 14.8 Å². The SMILES string of the molecule is CC(=O)NC1(N(O)C(C)=O)C=CC=CN1Cc1ccccc1. The first kappa shape index (κ1) is 15.8. The molecule has 1 unspecified atom stereocenters. The maximum Gasteiger partial charge on any atom is 0.246 e. The maximum atomic E-state index is 11.7. The Morgan fingerprint density at radius 3 is 2.50 bits per heavy atom. The van der Waals surface area contributed by atoms with Gasteiger partial charge in [0, 0.05) is 26.6 Å². The lowest BCUT2D eigenvalue weighted by molar-refractivity contribution is -0.215. The fraction of sp³-hybridized carbons (Fsp3) is 0.250. The largest absolute Gasteiger partial charge is 0.329 e. The molecular formula is C16H19N3O3. The van der Waals surface area contributed by atoms with Crippen molar-refractivity contribution < 1.29 is 14.8 Å². The van der Waals surface area contributed by atoms with Gasteiger partial charge in [0.1, 0.15) is 0 Å². The molecule has 2 N–H and O–H groups in total. The van der Waals surface area contributed by atoms with Gasteiger partial charge in [-0.05, 0) is 17.7 Å². The van der Waals surface area contributed by atoms with Crippen LogP contribution in [0, 0.1) is 0 Å².